The topological polar surface area (TPSA) is 49.4 Å². The molecule has 4 nitrogen and oxygen atoms in total. The summed E-state index contributed by atoms with van der Waals surface area (Å²) in [7, 11) is 0. The van der Waals surface area contributed by atoms with Gasteiger partial charge in [-0.2, -0.15) is 0 Å². The summed E-state index contributed by atoms with van der Waals surface area (Å²) in [5, 5.41) is 3.69. The summed E-state index contributed by atoms with van der Waals surface area (Å²) in [4.78, 5) is 27.5. The monoisotopic (exact) mass is 416 g/mol. The molecule has 1 saturated carbocycles. The molecule has 1 atom stereocenters. The van der Waals surface area contributed by atoms with Gasteiger partial charge < -0.3 is 10.2 Å². The number of rotatable bonds is 7. The van der Waals surface area contributed by atoms with Gasteiger partial charge in [-0.3, -0.25) is 9.59 Å². The summed E-state index contributed by atoms with van der Waals surface area (Å²) in [5.74, 6) is -0.664. The maximum Gasteiger partial charge on any atom is 0.242 e. The van der Waals surface area contributed by atoms with Gasteiger partial charge in [0.25, 0.3) is 0 Å². The van der Waals surface area contributed by atoms with E-state index in [2.05, 4.69) is 5.32 Å². The Bertz CT molecular complexity index is 833. The second-order valence-electron chi connectivity index (χ2n) is 7.62. The van der Waals surface area contributed by atoms with Crippen LogP contribution >= 0.6 is 11.6 Å². The van der Waals surface area contributed by atoms with Crippen molar-refractivity contribution in [3.05, 3.63) is 70.5 Å². The zero-order chi connectivity index (χ0) is 20.8. The van der Waals surface area contributed by atoms with E-state index in [1.807, 2.05) is 12.1 Å². The number of carbonyl (C=O) groups is 2. The van der Waals surface area contributed by atoms with Gasteiger partial charge >= 0.3 is 0 Å². The molecule has 2 aromatic rings. The molecule has 0 radical (unpaired) electrons. The first kappa shape index (κ1) is 21.3. The molecule has 1 fully saturated rings. The first-order chi connectivity index (χ1) is 13.9. The Morgan fingerprint density at radius 1 is 1.07 bits per heavy atom. The highest BCUT2D eigenvalue weighted by molar-refractivity contribution is 6.30. The van der Waals surface area contributed by atoms with Crippen LogP contribution < -0.4 is 5.32 Å². The van der Waals surface area contributed by atoms with Gasteiger partial charge in [0.15, 0.2) is 0 Å². The Morgan fingerprint density at radius 2 is 1.66 bits per heavy atom. The Balaban J connectivity index is 1.75. The fourth-order valence-electron chi connectivity index (χ4n) is 3.64. The average molecular weight is 417 g/mol. The third-order valence-corrected chi connectivity index (χ3v) is 5.66. The molecule has 0 heterocycles. The fourth-order valence-corrected chi connectivity index (χ4v) is 3.77. The van der Waals surface area contributed by atoms with Crippen LogP contribution in [0, 0.1) is 5.82 Å². The summed E-state index contributed by atoms with van der Waals surface area (Å²) in [5.41, 5.74) is 1.60. The van der Waals surface area contributed by atoms with Crippen molar-refractivity contribution in [3.63, 3.8) is 0 Å². The Labute approximate surface area is 176 Å². The molecule has 1 aliphatic carbocycles. The molecular weight excluding hydrogens is 391 g/mol. The van der Waals surface area contributed by atoms with Gasteiger partial charge in [-0.25, -0.2) is 4.39 Å². The quantitative estimate of drug-likeness (QED) is 0.722. The van der Waals surface area contributed by atoms with Gasteiger partial charge in [0.2, 0.25) is 11.8 Å². The number of hydrogen-bond donors (Lipinski definition) is 1. The highest BCUT2D eigenvalue weighted by atomic mass is 35.5. The van der Waals surface area contributed by atoms with Crippen LogP contribution in [0.15, 0.2) is 48.5 Å². The van der Waals surface area contributed by atoms with Crippen LogP contribution in [0.2, 0.25) is 5.02 Å². The van der Waals surface area contributed by atoms with E-state index in [9.17, 15) is 14.0 Å². The number of hydrogen-bond acceptors (Lipinski definition) is 2. The summed E-state index contributed by atoms with van der Waals surface area (Å²) in [6.07, 6.45) is 4.32. The number of halogens is 2. The van der Waals surface area contributed by atoms with Crippen LogP contribution in [0.4, 0.5) is 4.39 Å². The second-order valence-corrected chi connectivity index (χ2v) is 8.05. The summed E-state index contributed by atoms with van der Waals surface area (Å²) >= 11 is 5.96. The van der Waals surface area contributed by atoms with Crippen molar-refractivity contribution in [3.8, 4) is 0 Å². The first-order valence-corrected chi connectivity index (χ1v) is 10.4. The van der Waals surface area contributed by atoms with E-state index >= 15 is 0 Å². The van der Waals surface area contributed by atoms with Gasteiger partial charge in [-0.05, 0) is 55.2 Å². The third-order valence-electron chi connectivity index (χ3n) is 5.40. The molecule has 2 aromatic carbocycles. The van der Waals surface area contributed by atoms with Crippen molar-refractivity contribution in [2.45, 2.75) is 57.7 Å². The first-order valence-electron chi connectivity index (χ1n) is 10.0. The van der Waals surface area contributed by atoms with E-state index in [-0.39, 0.29) is 30.1 Å². The maximum atomic E-state index is 13.2. The minimum Gasteiger partial charge on any atom is -0.352 e. The molecule has 29 heavy (non-hydrogen) atoms. The number of carbonyl (C=O) groups excluding carboxylic acids is 2. The predicted molar refractivity (Wildman–Crippen MR) is 112 cm³/mol. The Morgan fingerprint density at radius 3 is 2.28 bits per heavy atom. The van der Waals surface area contributed by atoms with E-state index in [0.29, 0.717) is 17.1 Å². The summed E-state index contributed by atoms with van der Waals surface area (Å²) < 4.78 is 13.2. The molecule has 3 rings (SSSR count). The van der Waals surface area contributed by atoms with Gasteiger partial charge in [0, 0.05) is 17.6 Å². The van der Waals surface area contributed by atoms with Crippen LogP contribution in [-0.2, 0) is 22.6 Å². The lowest BCUT2D eigenvalue weighted by atomic mass is 10.1. The van der Waals surface area contributed by atoms with E-state index < -0.39 is 6.04 Å². The molecule has 6 heteroatoms. The lowest BCUT2D eigenvalue weighted by molar-refractivity contribution is -0.140. The number of nitrogens with zero attached hydrogens (tertiary/aromatic N) is 1. The van der Waals surface area contributed by atoms with Crippen molar-refractivity contribution in [2.75, 3.05) is 0 Å². The van der Waals surface area contributed by atoms with E-state index in [1.165, 1.54) is 12.1 Å². The fraction of sp³-hybridized carbons (Fsp3) is 0.391. The number of benzene rings is 2. The molecule has 1 N–H and O–H groups in total. The molecule has 1 aliphatic rings. The highest BCUT2D eigenvalue weighted by Gasteiger charge is 2.28. The Kier molecular flexibility index (Phi) is 7.26. The standard InChI is InChI=1S/C23H26ClFN2O2/c1-16(23(29)26-21-4-2-3-5-21)27(15-18-6-10-19(24)11-7-18)22(28)14-17-8-12-20(25)13-9-17/h6-13,16,21H,2-5,14-15H2,1H3,(H,26,29)/t16-/m0/s1. The second kappa shape index (κ2) is 9.88. The minimum absolute atomic E-state index is 0.106. The van der Waals surface area contributed by atoms with E-state index in [0.717, 1.165) is 31.2 Å². The SMILES string of the molecule is C[C@@H](C(=O)NC1CCCC1)N(Cc1ccc(Cl)cc1)C(=O)Cc1ccc(F)cc1. The maximum absolute atomic E-state index is 13.2. The van der Waals surface area contributed by atoms with Gasteiger partial charge in [-0.15, -0.1) is 0 Å². The number of amides is 2. The van der Waals surface area contributed by atoms with E-state index in [1.54, 1.807) is 36.1 Å². The summed E-state index contributed by atoms with van der Waals surface area (Å²) in [6, 6.07) is 12.7. The van der Waals surface area contributed by atoms with Crippen LogP contribution in [0.5, 0.6) is 0 Å². The van der Waals surface area contributed by atoms with Crippen molar-refractivity contribution in [2.24, 2.45) is 0 Å². The zero-order valence-electron chi connectivity index (χ0n) is 16.5. The van der Waals surface area contributed by atoms with E-state index in [4.69, 9.17) is 11.6 Å². The van der Waals surface area contributed by atoms with Gasteiger partial charge in [0.05, 0.1) is 6.42 Å². The molecule has 0 spiro atoms. The average Bonchev–Trinajstić information content (AvgIpc) is 3.21. The molecule has 0 aromatic heterocycles. The van der Waals surface area contributed by atoms with Crippen molar-refractivity contribution >= 4 is 23.4 Å². The molecule has 2 amide bonds. The minimum atomic E-state index is -0.612. The van der Waals surface area contributed by atoms with Crippen LogP contribution in [-0.4, -0.2) is 28.8 Å². The summed E-state index contributed by atoms with van der Waals surface area (Å²) in [6.45, 7) is 2.05. The third kappa shape index (κ3) is 6.04. The van der Waals surface area contributed by atoms with Crippen molar-refractivity contribution in [1.82, 2.24) is 10.2 Å². The van der Waals surface area contributed by atoms with Gasteiger partial charge in [0.1, 0.15) is 11.9 Å². The number of nitrogens with one attached hydrogen (secondary N) is 1. The molecule has 0 bridgehead atoms. The molecular formula is C23H26ClFN2O2. The Hall–Kier alpha value is -2.40. The molecule has 0 unspecified atom stereocenters. The molecule has 154 valence electrons. The van der Waals surface area contributed by atoms with Crippen molar-refractivity contribution < 1.29 is 14.0 Å². The molecule has 0 aliphatic heterocycles. The lowest BCUT2D eigenvalue weighted by Gasteiger charge is -2.30. The lowest BCUT2D eigenvalue weighted by Crippen LogP contribution is -2.50. The highest BCUT2D eigenvalue weighted by Crippen LogP contribution is 2.19. The molecule has 0 saturated heterocycles. The van der Waals surface area contributed by atoms with Crippen LogP contribution in [0.25, 0.3) is 0 Å². The smallest absolute Gasteiger partial charge is 0.242 e. The van der Waals surface area contributed by atoms with Crippen LogP contribution in [0.1, 0.15) is 43.7 Å². The largest absolute Gasteiger partial charge is 0.352 e. The van der Waals surface area contributed by atoms with Gasteiger partial charge in [-0.1, -0.05) is 48.7 Å². The normalized spacial score (nSPS) is 15.1. The predicted octanol–water partition coefficient (Wildman–Crippen LogP) is 4.50. The zero-order valence-corrected chi connectivity index (χ0v) is 17.3. The van der Waals surface area contributed by atoms with Crippen LogP contribution in [0.3, 0.4) is 0 Å². The van der Waals surface area contributed by atoms with Crippen molar-refractivity contribution in [1.29, 1.82) is 0 Å².